The summed E-state index contributed by atoms with van der Waals surface area (Å²) < 4.78 is 5.41. The van der Waals surface area contributed by atoms with Crippen molar-refractivity contribution in [2.75, 3.05) is 30.4 Å². The highest BCUT2D eigenvalue weighted by Gasteiger charge is 2.28. The summed E-state index contributed by atoms with van der Waals surface area (Å²) in [6.45, 7) is 4.30. The van der Waals surface area contributed by atoms with Crippen molar-refractivity contribution in [3.63, 3.8) is 0 Å². The molecular formula is C21H26N2O2. The van der Waals surface area contributed by atoms with Crippen molar-refractivity contribution in [2.24, 2.45) is 11.8 Å². The molecule has 0 saturated carbocycles. The number of ether oxygens (including phenoxy) is 1. The van der Waals surface area contributed by atoms with Gasteiger partial charge in [0.15, 0.2) is 0 Å². The molecule has 1 aliphatic heterocycles. The van der Waals surface area contributed by atoms with Crippen LogP contribution in [0.25, 0.3) is 0 Å². The molecule has 1 saturated heterocycles. The van der Waals surface area contributed by atoms with E-state index in [4.69, 9.17) is 4.74 Å². The topological polar surface area (TPSA) is 50.4 Å². The minimum atomic E-state index is 0.0393. The SMILES string of the molecule is C[C@@H]1COCC[C@H]1C(=O)Nc1ccc(NCCc2ccccc2)cc1. The predicted molar refractivity (Wildman–Crippen MR) is 102 cm³/mol. The van der Waals surface area contributed by atoms with E-state index in [0.717, 1.165) is 30.8 Å². The van der Waals surface area contributed by atoms with Crippen LogP contribution in [-0.2, 0) is 16.0 Å². The Labute approximate surface area is 149 Å². The van der Waals surface area contributed by atoms with Gasteiger partial charge in [0.1, 0.15) is 0 Å². The monoisotopic (exact) mass is 338 g/mol. The van der Waals surface area contributed by atoms with E-state index in [1.165, 1.54) is 5.56 Å². The van der Waals surface area contributed by atoms with Crippen LogP contribution in [0.4, 0.5) is 11.4 Å². The van der Waals surface area contributed by atoms with Gasteiger partial charge in [0.25, 0.3) is 0 Å². The fourth-order valence-corrected chi connectivity index (χ4v) is 3.17. The van der Waals surface area contributed by atoms with Gasteiger partial charge in [-0.15, -0.1) is 0 Å². The third kappa shape index (κ3) is 5.07. The fraction of sp³-hybridized carbons (Fsp3) is 0.381. The molecule has 1 aliphatic rings. The highest BCUT2D eigenvalue weighted by atomic mass is 16.5. The molecule has 0 unspecified atom stereocenters. The summed E-state index contributed by atoms with van der Waals surface area (Å²) in [5.41, 5.74) is 3.23. The van der Waals surface area contributed by atoms with Crippen LogP contribution in [-0.4, -0.2) is 25.7 Å². The standard InChI is InChI=1S/C21H26N2O2/c1-16-15-25-14-12-20(16)21(24)23-19-9-7-18(8-10-19)22-13-11-17-5-3-2-4-6-17/h2-10,16,20,22H,11-15H2,1H3,(H,23,24)/t16-,20-/m1/s1. The number of nitrogens with one attached hydrogen (secondary N) is 2. The van der Waals surface area contributed by atoms with E-state index < -0.39 is 0 Å². The van der Waals surface area contributed by atoms with Crippen molar-refractivity contribution in [1.82, 2.24) is 0 Å². The zero-order valence-corrected chi connectivity index (χ0v) is 14.7. The Morgan fingerprint density at radius 1 is 1.08 bits per heavy atom. The van der Waals surface area contributed by atoms with E-state index in [1.807, 2.05) is 30.3 Å². The van der Waals surface area contributed by atoms with Gasteiger partial charge in [-0.3, -0.25) is 4.79 Å². The molecule has 4 nitrogen and oxygen atoms in total. The Bertz CT molecular complexity index is 670. The smallest absolute Gasteiger partial charge is 0.227 e. The molecule has 0 aliphatic carbocycles. The molecule has 0 spiro atoms. The first-order valence-corrected chi connectivity index (χ1v) is 8.99. The van der Waals surface area contributed by atoms with E-state index in [1.54, 1.807) is 0 Å². The third-order valence-corrected chi connectivity index (χ3v) is 4.72. The predicted octanol–water partition coefficient (Wildman–Crippen LogP) is 3.95. The molecule has 2 aromatic carbocycles. The lowest BCUT2D eigenvalue weighted by atomic mass is 9.89. The summed E-state index contributed by atoms with van der Waals surface area (Å²) in [6.07, 6.45) is 1.78. The molecule has 2 atom stereocenters. The Kier molecular flexibility index (Phi) is 6.07. The normalized spacial score (nSPS) is 20.0. The van der Waals surface area contributed by atoms with Gasteiger partial charge in [-0.1, -0.05) is 37.3 Å². The van der Waals surface area contributed by atoms with Crippen molar-refractivity contribution < 1.29 is 9.53 Å². The molecule has 0 radical (unpaired) electrons. The lowest BCUT2D eigenvalue weighted by Gasteiger charge is -2.27. The second kappa shape index (κ2) is 8.67. The van der Waals surface area contributed by atoms with E-state index in [2.05, 4.69) is 41.8 Å². The number of hydrogen-bond acceptors (Lipinski definition) is 3. The molecule has 3 rings (SSSR count). The van der Waals surface area contributed by atoms with Gasteiger partial charge in [0.2, 0.25) is 5.91 Å². The third-order valence-electron chi connectivity index (χ3n) is 4.72. The van der Waals surface area contributed by atoms with Gasteiger partial charge in [-0.05, 0) is 48.6 Å². The molecular weight excluding hydrogens is 312 g/mol. The summed E-state index contributed by atoms with van der Waals surface area (Å²) in [4.78, 5) is 12.4. The van der Waals surface area contributed by atoms with Crippen LogP contribution in [0.2, 0.25) is 0 Å². The van der Waals surface area contributed by atoms with Crippen molar-refractivity contribution in [3.05, 3.63) is 60.2 Å². The van der Waals surface area contributed by atoms with Crippen LogP contribution >= 0.6 is 0 Å². The average molecular weight is 338 g/mol. The second-order valence-electron chi connectivity index (χ2n) is 6.68. The highest BCUT2D eigenvalue weighted by Crippen LogP contribution is 2.23. The number of carbonyl (C=O) groups excluding carboxylic acids is 1. The van der Waals surface area contributed by atoms with Crippen LogP contribution in [0.1, 0.15) is 18.9 Å². The molecule has 1 fully saturated rings. The maximum Gasteiger partial charge on any atom is 0.227 e. The molecule has 2 aromatic rings. The Hall–Kier alpha value is -2.33. The quantitative estimate of drug-likeness (QED) is 0.838. The van der Waals surface area contributed by atoms with E-state index in [0.29, 0.717) is 13.2 Å². The van der Waals surface area contributed by atoms with Gasteiger partial charge in [-0.25, -0.2) is 0 Å². The number of amides is 1. The molecule has 1 amide bonds. The first-order chi connectivity index (χ1) is 12.2. The minimum Gasteiger partial charge on any atom is -0.385 e. The lowest BCUT2D eigenvalue weighted by Crippen LogP contribution is -2.34. The molecule has 132 valence electrons. The maximum absolute atomic E-state index is 12.4. The lowest BCUT2D eigenvalue weighted by molar-refractivity contribution is -0.125. The van der Waals surface area contributed by atoms with E-state index in [9.17, 15) is 4.79 Å². The van der Waals surface area contributed by atoms with Gasteiger partial charge in [0, 0.05) is 37.1 Å². The summed E-state index contributed by atoms with van der Waals surface area (Å²) in [5, 5.41) is 6.44. The molecule has 4 heteroatoms. The van der Waals surface area contributed by atoms with Crippen molar-refractivity contribution in [1.29, 1.82) is 0 Å². The number of carbonyl (C=O) groups is 1. The van der Waals surface area contributed by atoms with E-state index >= 15 is 0 Å². The van der Waals surface area contributed by atoms with Gasteiger partial charge in [0.05, 0.1) is 0 Å². The summed E-state index contributed by atoms with van der Waals surface area (Å²) in [5.74, 6) is 0.408. The van der Waals surface area contributed by atoms with Crippen molar-refractivity contribution in [2.45, 2.75) is 19.8 Å². The Morgan fingerprint density at radius 2 is 1.80 bits per heavy atom. The van der Waals surface area contributed by atoms with Crippen LogP contribution in [0.15, 0.2) is 54.6 Å². The van der Waals surface area contributed by atoms with Crippen LogP contribution in [0.3, 0.4) is 0 Å². The first kappa shape index (κ1) is 17.5. The Morgan fingerprint density at radius 3 is 2.52 bits per heavy atom. The van der Waals surface area contributed by atoms with Crippen LogP contribution in [0.5, 0.6) is 0 Å². The largest absolute Gasteiger partial charge is 0.385 e. The number of hydrogen-bond donors (Lipinski definition) is 2. The molecule has 0 bridgehead atoms. The first-order valence-electron chi connectivity index (χ1n) is 8.99. The van der Waals surface area contributed by atoms with Crippen LogP contribution in [0, 0.1) is 11.8 Å². The zero-order valence-electron chi connectivity index (χ0n) is 14.7. The number of anilines is 2. The van der Waals surface area contributed by atoms with Crippen LogP contribution < -0.4 is 10.6 Å². The highest BCUT2D eigenvalue weighted by molar-refractivity contribution is 5.92. The van der Waals surface area contributed by atoms with Gasteiger partial charge < -0.3 is 15.4 Å². The summed E-state index contributed by atoms with van der Waals surface area (Å²) in [6, 6.07) is 18.3. The molecule has 2 N–H and O–H groups in total. The van der Waals surface area contributed by atoms with Gasteiger partial charge in [-0.2, -0.15) is 0 Å². The van der Waals surface area contributed by atoms with Crippen molar-refractivity contribution >= 4 is 17.3 Å². The zero-order chi connectivity index (χ0) is 17.5. The molecule has 25 heavy (non-hydrogen) atoms. The average Bonchev–Trinajstić information content (AvgIpc) is 2.64. The van der Waals surface area contributed by atoms with Crippen molar-refractivity contribution in [3.8, 4) is 0 Å². The minimum absolute atomic E-state index is 0.0393. The number of rotatable bonds is 6. The summed E-state index contributed by atoms with van der Waals surface area (Å²) >= 11 is 0. The van der Waals surface area contributed by atoms with Gasteiger partial charge >= 0.3 is 0 Å². The molecule has 0 aromatic heterocycles. The summed E-state index contributed by atoms with van der Waals surface area (Å²) in [7, 11) is 0. The number of benzene rings is 2. The Balaban J connectivity index is 1.47. The maximum atomic E-state index is 12.4. The fourth-order valence-electron chi connectivity index (χ4n) is 3.17. The van der Waals surface area contributed by atoms with E-state index in [-0.39, 0.29) is 17.7 Å². The molecule has 1 heterocycles. The second-order valence-corrected chi connectivity index (χ2v) is 6.68.